The summed E-state index contributed by atoms with van der Waals surface area (Å²) in [6, 6.07) is 5.12. The topological polar surface area (TPSA) is 39.2 Å². The molecule has 1 aromatic carbocycles. The Balaban J connectivity index is 2.57. The molecule has 0 bridgehead atoms. The maximum atomic E-state index is 12.7. The highest BCUT2D eigenvalue weighted by molar-refractivity contribution is 6.06. The standard InChI is InChI=1S/C16H16F3NO2/c1-3-4-7-22-14-11-6-5-10(2)8-13(11)20-9-12(14)15(21)16(17,18)19/h5-6,8-9H,3-4,7H2,1-2H3. The number of benzene rings is 1. The van der Waals surface area contributed by atoms with Crippen LogP contribution in [0.25, 0.3) is 10.9 Å². The number of rotatable bonds is 5. The molecule has 22 heavy (non-hydrogen) atoms. The van der Waals surface area contributed by atoms with Gasteiger partial charge in [-0.15, -0.1) is 0 Å². The lowest BCUT2D eigenvalue weighted by Gasteiger charge is -2.14. The second-order valence-electron chi connectivity index (χ2n) is 5.05. The van der Waals surface area contributed by atoms with Gasteiger partial charge in [-0.3, -0.25) is 9.78 Å². The highest BCUT2D eigenvalue weighted by atomic mass is 19.4. The van der Waals surface area contributed by atoms with Gasteiger partial charge in [-0.05, 0) is 31.0 Å². The summed E-state index contributed by atoms with van der Waals surface area (Å²) in [6.45, 7) is 4.05. The number of Topliss-reactive ketones (excluding diaryl/α,β-unsaturated/α-hetero) is 1. The number of ether oxygens (including phenoxy) is 1. The van der Waals surface area contributed by atoms with Crippen LogP contribution in [0.1, 0.15) is 35.7 Å². The first-order valence-electron chi connectivity index (χ1n) is 6.98. The predicted octanol–water partition coefficient (Wildman–Crippen LogP) is 4.47. The lowest BCUT2D eigenvalue weighted by atomic mass is 10.1. The minimum Gasteiger partial charge on any atom is -0.492 e. The summed E-state index contributed by atoms with van der Waals surface area (Å²) in [7, 11) is 0. The quantitative estimate of drug-likeness (QED) is 0.604. The average Bonchev–Trinajstić information content (AvgIpc) is 2.45. The van der Waals surface area contributed by atoms with E-state index in [1.807, 2.05) is 13.8 Å². The van der Waals surface area contributed by atoms with Crippen molar-refractivity contribution in [1.82, 2.24) is 4.98 Å². The molecule has 0 aliphatic carbocycles. The van der Waals surface area contributed by atoms with E-state index in [-0.39, 0.29) is 12.4 Å². The van der Waals surface area contributed by atoms with Gasteiger partial charge in [0, 0.05) is 11.6 Å². The van der Waals surface area contributed by atoms with Crippen molar-refractivity contribution in [3.63, 3.8) is 0 Å². The summed E-state index contributed by atoms with van der Waals surface area (Å²) < 4.78 is 43.7. The molecule has 0 spiro atoms. The van der Waals surface area contributed by atoms with Crippen LogP contribution in [0.15, 0.2) is 24.4 Å². The molecule has 0 amide bonds. The molecular formula is C16H16F3NO2. The van der Waals surface area contributed by atoms with E-state index in [2.05, 4.69) is 4.98 Å². The van der Waals surface area contributed by atoms with Crippen molar-refractivity contribution in [2.75, 3.05) is 6.61 Å². The molecule has 2 rings (SSSR count). The molecule has 1 heterocycles. The van der Waals surface area contributed by atoms with Gasteiger partial charge in [0.2, 0.25) is 0 Å². The number of pyridine rings is 1. The van der Waals surface area contributed by atoms with Crippen LogP contribution in [0.5, 0.6) is 5.75 Å². The van der Waals surface area contributed by atoms with E-state index in [0.717, 1.165) is 18.2 Å². The molecule has 0 saturated carbocycles. The number of ketones is 1. The van der Waals surface area contributed by atoms with Crippen molar-refractivity contribution in [3.8, 4) is 5.75 Å². The lowest BCUT2D eigenvalue weighted by Crippen LogP contribution is -2.24. The third-order valence-electron chi connectivity index (χ3n) is 3.22. The Labute approximate surface area is 126 Å². The second-order valence-corrected chi connectivity index (χ2v) is 5.05. The van der Waals surface area contributed by atoms with Gasteiger partial charge in [0.25, 0.3) is 5.78 Å². The van der Waals surface area contributed by atoms with Crippen LogP contribution in [-0.4, -0.2) is 23.6 Å². The Morgan fingerprint density at radius 3 is 2.68 bits per heavy atom. The Bertz CT molecular complexity index is 696. The zero-order valence-electron chi connectivity index (χ0n) is 12.3. The highest BCUT2D eigenvalue weighted by Gasteiger charge is 2.41. The van der Waals surface area contributed by atoms with Gasteiger partial charge in [0.15, 0.2) is 0 Å². The van der Waals surface area contributed by atoms with E-state index < -0.39 is 17.5 Å². The zero-order chi connectivity index (χ0) is 16.3. The summed E-state index contributed by atoms with van der Waals surface area (Å²) in [6.07, 6.45) is -2.48. The molecule has 6 heteroatoms. The van der Waals surface area contributed by atoms with Crippen molar-refractivity contribution in [2.45, 2.75) is 32.9 Å². The number of aryl methyl sites for hydroxylation is 1. The zero-order valence-corrected chi connectivity index (χ0v) is 12.3. The van der Waals surface area contributed by atoms with Gasteiger partial charge in [-0.25, -0.2) is 0 Å². The third-order valence-corrected chi connectivity index (χ3v) is 3.22. The van der Waals surface area contributed by atoms with Crippen LogP contribution in [0.4, 0.5) is 13.2 Å². The number of nitrogens with zero attached hydrogens (tertiary/aromatic N) is 1. The van der Waals surface area contributed by atoms with Gasteiger partial charge in [0.05, 0.1) is 17.7 Å². The molecule has 3 nitrogen and oxygen atoms in total. The summed E-state index contributed by atoms with van der Waals surface area (Å²) in [5.41, 5.74) is 0.889. The monoisotopic (exact) mass is 311 g/mol. The SMILES string of the molecule is CCCCOc1c(C(=O)C(F)(F)F)cnc2cc(C)ccc12. The Morgan fingerprint density at radius 1 is 1.32 bits per heavy atom. The van der Waals surface area contributed by atoms with Gasteiger partial charge in [-0.1, -0.05) is 19.4 Å². The van der Waals surface area contributed by atoms with Gasteiger partial charge in [0.1, 0.15) is 5.75 Å². The minimum atomic E-state index is -4.96. The maximum Gasteiger partial charge on any atom is 0.455 e. The molecule has 0 unspecified atom stereocenters. The van der Waals surface area contributed by atoms with E-state index in [0.29, 0.717) is 17.3 Å². The third kappa shape index (κ3) is 3.37. The second kappa shape index (κ2) is 6.34. The van der Waals surface area contributed by atoms with E-state index >= 15 is 0 Å². The van der Waals surface area contributed by atoms with E-state index in [1.165, 1.54) is 0 Å². The fourth-order valence-corrected chi connectivity index (χ4v) is 2.07. The van der Waals surface area contributed by atoms with Crippen LogP contribution in [-0.2, 0) is 0 Å². The van der Waals surface area contributed by atoms with E-state index in [1.54, 1.807) is 18.2 Å². The Morgan fingerprint density at radius 2 is 2.05 bits per heavy atom. The molecule has 0 atom stereocenters. The van der Waals surface area contributed by atoms with E-state index in [9.17, 15) is 18.0 Å². The van der Waals surface area contributed by atoms with Gasteiger partial charge >= 0.3 is 6.18 Å². The first-order valence-corrected chi connectivity index (χ1v) is 6.98. The molecule has 0 aliphatic rings. The molecule has 0 aliphatic heterocycles. The largest absolute Gasteiger partial charge is 0.492 e. The van der Waals surface area contributed by atoms with Crippen LogP contribution in [0, 0.1) is 6.92 Å². The molecule has 0 N–H and O–H groups in total. The smallest absolute Gasteiger partial charge is 0.455 e. The summed E-state index contributed by atoms with van der Waals surface area (Å²) >= 11 is 0. The number of hydrogen-bond acceptors (Lipinski definition) is 3. The summed E-state index contributed by atoms with van der Waals surface area (Å²) in [4.78, 5) is 15.5. The number of unbranched alkanes of at least 4 members (excludes halogenated alkanes) is 1. The maximum absolute atomic E-state index is 12.7. The first-order chi connectivity index (χ1) is 10.3. The molecule has 0 saturated heterocycles. The molecular weight excluding hydrogens is 295 g/mol. The highest BCUT2D eigenvalue weighted by Crippen LogP contribution is 2.33. The molecule has 0 fully saturated rings. The number of alkyl halides is 3. The fourth-order valence-electron chi connectivity index (χ4n) is 2.07. The normalized spacial score (nSPS) is 11.7. The van der Waals surface area contributed by atoms with Crippen molar-refractivity contribution in [2.24, 2.45) is 0 Å². The predicted molar refractivity (Wildman–Crippen MR) is 77.3 cm³/mol. The number of aromatic nitrogens is 1. The van der Waals surface area contributed by atoms with Gasteiger partial charge in [-0.2, -0.15) is 13.2 Å². The number of hydrogen-bond donors (Lipinski definition) is 0. The summed E-state index contributed by atoms with van der Waals surface area (Å²) in [5, 5.41) is 0.414. The number of halogens is 3. The van der Waals surface area contributed by atoms with Crippen molar-refractivity contribution < 1.29 is 22.7 Å². The van der Waals surface area contributed by atoms with E-state index in [4.69, 9.17) is 4.74 Å². The number of carbonyl (C=O) groups excluding carboxylic acids is 1. The van der Waals surface area contributed by atoms with Crippen molar-refractivity contribution in [1.29, 1.82) is 0 Å². The number of fused-ring (bicyclic) bond motifs is 1. The van der Waals surface area contributed by atoms with Crippen LogP contribution < -0.4 is 4.74 Å². The van der Waals surface area contributed by atoms with Gasteiger partial charge < -0.3 is 4.74 Å². The fraction of sp³-hybridized carbons (Fsp3) is 0.375. The number of carbonyl (C=O) groups is 1. The van der Waals surface area contributed by atoms with Crippen molar-refractivity contribution in [3.05, 3.63) is 35.5 Å². The molecule has 0 radical (unpaired) electrons. The van der Waals surface area contributed by atoms with Crippen LogP contribution in [0.3, 0.4) is 0 Å². The Hall–Kier alpha value is -2.11. The lowest BCUT2D eigenvalue weighted by molar-refractivity contribution is -0.0886. The van der Waals surface area contributed by atoms with Crippen molar-refractivity contribution >= 4 is 16.7 Å². The molecule has 118 valence electrons. The van der Waals surface area contributed by atoms with Crippen LogP contribution in [0.2, 0.25) is 0 Å². The Kier molecular flexibility index (Phi) is 4.68. The first kappa shape index (κ1) is 16.3. The minimum absolute atomic E-state index is 0.0409. The molecule has 2 aromatic rings. The van der Waals surface area contributed by atoms with Crippen LogP contribution >= 0.6 is 0 Å². The average molecular weight is 311 g/mol. The summed E-state index contributed by atoms with van der Waals surface area (Å²) in [5.74, 6) is -1.98. The molecule has 1 aromatic heterocycles.